The normalized spacial score (nSPS) is 12.3. The molecule has 1 atom stereocenters. The fourth-order valence-corrected chi connectivity index (χ4v) is 2.85. The second-order valence-electron chi connectivity index (χ2n) is 5.98. The molecule has 2 aromatic carbocycles. The molecule has 4 heteroatoms. The summed E-state index contributed by atoms with van der Waals surface area (Å²) in [4.78, 5) is 19.0. The second-order valence-corrected chi connectivity index (χ2v) is 5.98. The van der Waals surface area contributed by atoms with Gasteiger partial charge in [-0.25, -0.2) is 0 Å². The molecule has 0 radical (unpaired) electrons. The van der Waals surface area contributed by atoms with Gasteiger partial charge < -0.3 is 10.2 Å². The van der Waals surface area contributed by atoms with Crippen LogP contribution >= 0.6 is 0 Å². The van der Waals surface area contributed by atoms with Crippen molar-refractivity contribution in [2.45, 2.75) is 6.04 Å². The molecule has 1 amide bonds. The third kappa shape index (κ3) is 3.44. The lowest BCUT2D eigenvalue weighted by Gasteiger charge is -2.25. The van der Waals surface area contributed by atoms with E-state index in [4.69, 9.17) is 0 Å². The van der Waals surface area contributed by atoms with Gasteiger partial charge >= 0.3 is 0 Å². The highest BCUT2D eigenvalue weighted by Gasteiger charge is 2.17. The first-order chi connectivity index (χ1) is 11.7. The van der Waals surface area contributed by atoms with Crippen molar-refractivity contribution in [3.05, 3.63) is 78.1 Å². The van der Waals surface area contributed by atoms with Crippen LogP contribution in [0.3, 0.4) is 0 Å². The Balaban J connectivity index is 1.79. The number of likely N-dealkylation sites (N-methyl/N-ethyl adjacent to an activating group) is 1. The maximum Gasteiger partial charge on any atom is 0.270 e. The molecule has 3 rings (SSSR count). The monoisotopic (exact) mass is 319 g/mol. The Kier molecular flexibility index (Phi) is 4.87. The number of nitrogens with zero attached hydrogens (tertiary/aromatic N) is 2. The van der Waals surface area contributed by atoms with E-state index in [0.29, 0.717) is 12.2 Å². The van der Waals surface area contributed by atoms with E-state index in [2.05, 4.69) is 27.3 Å². The molecule has 1 N–H and O–H groups in total. The van der Waals surface area contributed by atoms with E-state index in [-0.39, 0.29) is 11.9 Å². The quantitative estimate of drug-likeness (QED) is 0.785. The topological polar surface area (TPSA) is 45.2 Å². The fourth-order valence-electron chi connectivity index (χ4n) is 2.85. The highest BCUT2D eigenvalue weighted by atomic mass is 16.1. The Labute approximate surface area is 142 Å². The molecule has 0 spiro atoms. The summed E-state index contributed by atoms with van der Waals surface area (Å²) in [6, 6.07) is 20.0. The molecule has 0 bridgehead atoms. The Morgan fingerprint density at radius 1 is 1.04 bits per heavy atom. The summed E-state index contributed by atoms with van der Waals surface area (Å²) in [7, 11) is 4.03. The van der Waals surface area contributed by atoms with E-state index in [1.54, 1.807) is 6.20 Å². The number of fused-ring (bicyclic) bond motifs is 1. The first-order valence-electron chi connectivity index (χ1n) is 8.00. The number of hydrogen-bond donors (Lipinski definition) is 1. The molecule has 0 aliphatic rings. The summed E-state index contributed by atoms with van der Waals surface area (Å²) in [6.45, 7) is 0.529. The maximum atomic E-state index is 12.6. The Hall–Kier alpha value is -2.72. The molecule has 0 aliphatic carbocycles. The number of hydrogen-bond acceptors (Lipinski definition) is 3. The average molecular weight is 319 g/mol. The molecule has 24 heavy (non-hydrogen) atoms. The number of carbonyl (C=O) groups is 1. The van der Waals surface area contributed by atoms with Crippen molar-refractivity contribution in [2.24, 2.45) is 0 Å². The minimum atomic E-state index is -0.144. The third-order valence-corrected chi connectivity index (χ3v) is 4.15. The van der Waals surface area contributed by atoms with Crippen LogP contribution in [0.15, 0.2) is 66.9 Å². The third-order valence-electron chi connectivity index (χ3n) is 4.15. The largest absolute Gasteiger partial charge is 0.349 e. The molecule has 1 aromatic heterocycles. The minimum Gasteiger partial charge on any atom is -0.349 e. The summed E-state index contributed by atoms with van der Waals surface area (Å²) in [5.41, 5.74) is 1.65. The zero-order chi connectivity index (χ0) is 16.9. The molecule has 0 fully saturated rings. The number of pyridine rings is 1. The number of rotatable bonds is 5. The molecule has 1 unspecified atom stereocenters. The van der Waals surface area contributed by atoms with Crippen LogP contribution in [0.2, 0.25) is 0 Å². The molecule has 0 saturated heterocycles. The van der Waals surface area contributed by atoms with Crippen LogP contribution in [0.25, 0.3) is 10.8 Å². The molecule has 1 heterocycles. The van der Waals surface area contributed by atoms with Gasteiger partial charge in [-0.15, -0.1) is 0 Å². The van der Waals surface area contributed by atoms with Crippen LogP contribution in [0.1, 0.15) is 22.1 Å². The molecular weight excluding hydrogens is 298 g/mol. The number of aromatic nitrogens is 1. The fraction of sp³-hybridized carbons (Fsp3) is 0.200. The van der Waals surface area contributed by atoms with Gasteiger partial charge in [-0.1, -0.05) is 54.6 Å². The van der Waals surface area contributed by atoms with E-state index in [0.717, 1.165) is 10.8 Å². The molecule has 0 saturated carbocycles. The lowest BCUT2D eigenvalue weighted by molar-refractivity contribution is 0.0939. The first kappa shape index (κ1) is 16.1. The van der Waals surface area contributed by atoms with Crippen LogP contribution in [-0.2, 0) is 0 Å². The van der Waals surface area contributed by atoms with Crippen molar-refractivity contribution in [3.63, 3.8) is 0 Å². The van der Waals surface area contributed by atoms with Gasteiger partial charge in [0.25, 0.3) is 5.91 Å². The molecule has 4 nitrogen and oxygen atoms in total. The van der Waals surface area contributed by atoms with Gasteiger partial charge in [0, 0.05) is 18.1 Å². The van der Waals surface area contributed by atoms with Gasteiger partial charge in [-0.05, 0) is 31.1 Å². The standard InChI is InChI=1S/C20H21N3O/c1-23(2)18(16-9-4-3-5-10-16)14-22-20(24)19-17-11-7-6-8-15(17)12-13-21-19/h3-13,18H,14H2,1-2H3,(H,22,24). The highest BCUT2D eigenvalue weighted by Crippen LogP contribution is 2.18. The van der Waals surface area contributed by atoms with E-state index in [1.165, 1.54) is 5.56 Å². The zero-order valence-corrected chi connectivity index (χ0v) is 13.9. The lowest BCUT2D eigenvalue weighted by Crippen LogP contribution is -2.35. The Bertz CT molecular complexity index is 825. The Morgan fingerprint density at radius 3 is 2.50 bits per heavy atom. The first-order valence-corrected chi connectivity index (χ1v) is 8.00. The molecule has 3 aromatic rings. The van der Waals surface area contributed by atoms with Crippen molar-refractivity contribution >= 4 is 16.7 Å². The van der Waals surface area contributed by atoms with Crippen LogP contribution in [0.5, 0.6) is 0 Å². The van der Waals surface area contributed by atoms with Gasteiger partial charge in [-0.3, -0.25) is 9.78 Å². The van der Waals surface area contributed by atoms with Crippen molar-refractivity contribution < 1.29 is 4.79 Å². The SMILES string of the molecule is CN(C)C(CNC(=O)c1nccc2ccccc12)c1ccccc1. The van der Waals surface area contributed by atoms with Crippen molar-refractivity contribution in [1.82, 2.24) is 15.2 Å². The second kappa shape index (κ2) is 7.23. The van der Waals surface area contributed by atoms with Gasteiger partial charge in [0.1, 0.15) is 5.69 Å². The van der Waals surface area contributed by atoms with Crippen molar-refractivity contribution in [2.75, 3.05) is 20.6 Å². The van der Waals surface area contributed by atoms with E-state index in [1.807, 2.05) is 62.6 Å². The summed E-state index contributed by atoms with van der Waals surface area (Å²) >= 11 is 0. The van der Waals surface area contributed by atoms with Gasteiger partial charge in [0.15, 0.2) is 0 Å². The summed E-state index contributed by atoms with van der Waals surface area (Å²) in [6.07, 6.45) is 1.68. The number of carbonyl (C=O) groups excluding carboxylic acids is 1. The number of benzene rings is 2. The van der Waals surface area contributed by atoms with E-state index in [9.17, 15) is 4.79 Å². The molecule has 0 aliphatic heterocycles. The predicted molar refractivity (Wildman–Crippen MR) is 96.9 cm³/mol. The number of nitrogens with one attached hydrogen (secondary N) is 1. The van der Waals surface area contributed by atoms with E-state index < -0.39 is 0 Å². The van der Waals surface area contributed by atoms with Crippen LogP contribution in [0.4, 0.5) is 0 Å². The van der Waals surface area contributed by atoms with Gasteiger partial charge in [-0.2, -0.15) is 0 Å². The summed E-state index contributed by atoms with van der Waals surface area (Å²) in [5, 5.41) is 4.92. The molecular formula is C20H21N3O. The lowest BCUT2D eigenvalue weighted by atomic mass is 10.1. The minimum absolute atomic E-state index is 0.116. The Morgan fingerprint density at radius 2 is 1.75 bits per heavy atom. The van der Waals surface area contributed by atoms with Crippen LogP contribution in [-0.4, -0.2) is 36.4 Å². The van der Waals surface area contributed by atoms with Gasteiger partial charge in [0.05, 0.1) is 6.04 Å². The van der Waals surface area contributed by atoms with Gasteiger partial charge in [0.2, 0.25) is 0 Å². The van der Waals surface area contributed by atoms with E-state index >= 15 is 0 Å². The average Bonchev–Trinajstić information content (AvgIpc) is 2.62. The van der Waals surface area contributed by atoms with Crippen molar-refractivity contribution in [1.29, 1.82) is 0 Å². The highest BCUT2D eigenvalue weighted by molar-refractivity contribution is 6.05. The predicted octanol–water partition coefficient (Wildman–Crippen LogP) is 3.27. The van der Waals surface area contributed by atoms with Crippen LogP contribution < -0.4 is 5.32 Å². The van der Waals surface area contributed by atoms with Crippen LogP contribution in [0, 0.1) is 0 Å². The van der Waals surface area contributed by atoms with Crippen molar-refractivity contribution in [3.8, 4) is 0 Å². The zero-order valence-electron chi connectivity index (χ0n) is 13.9. The summed E-state index contributed by atoms with van der Waals surface area (Å²) < 4.78 is 0. The maximum absolute atomic E-state index is 12.6. The number of amides is 1. The summed E-state index contributed by atoms with van der Waals surface area (Å²) in [5.74, 6) is -0.144. The molecule has 122 valence electrons. The smallest absolute Gasteiger partial charge is 0.270 e.